The molecule has 1 saturated heterocycles. The molecule has 1 aliphatic heterocycles. The molecule has 98 valence electrons. The molecular weight excluding hydrogens is 250 g/mol. The lowest BCUT2D eigenvalue weighted by Crippen LogP contribution is -2.43. The highest BCUT2D eigenvalue weighted by molar-refractivity contribution is 6.28. The zero-order valence-electron chi connectivity index (χ0n) is 10.6. The van der Waals surface area contributed by atoms with Gasteiger partial charge in [-0.15, -0.1) is 0 Å². The fourth-order valence-electron chi connectivity index (χ4n) is 3.19. The van der Waals surface area contributed by atoms with Crippen molar-refractivity contribution in [3.63, 3.8) is 0 Å². The first kappa shape index (κ1) is 12.0. The lowest BCUT2D eigenvalue weighted by atomic mass is 9.78. The standard InChI is InChI=1S/C12H18ClN5/c1-14-11-15-10(13)16-12(17-11)18-6-8-3-2-4-9(5-8)7-18/h8-9H,2-7H2,1H3,(H,14,15,16,17). The van der Waals surface area contributed by atoms with E-state index in [2.05, 4.69) is 25.2 Å². The second kappa shape index (κ2) is 4.88. The first-order chi connectivity index (χ1) is 8.74. The van der Waals surface area contributed by atoms with Crippen molar-refractivity contribution in [2.75, 3.05) is 30.4 Å². The molecule has 3 rings (SSSR count). The molecule has 1 N–H and O–H groups in total. The number of hydrogen-bond acceptors (Lipinski definition) is 5. The van der Waals surface area contributed by atoms with Crippen molar-refractivity contribution in [3.8, 4) is 0 Å². The summed E-state index contributed by atoms with van der Waals surface area (Å²) in [5.74, 6) is 2.86. The van der Waals surface area contributed by atoms with Gasteiger partial charge in [0.15, 0.2) is 0 Å². The Morgan fingerprint density at radius 2 is 1.89 bits per heavy atom. The molecule has 1 aromatic heterocycles. The molecule has 1 saturated carbocycles. The summed E-state index contributed by atoms with van der Waals surface area (Å²) in [6.45, 7) is 2.11. The van der Waals surface area contributed by atoms with E-state index in [1.165, 1.54) is 25.7 Å². The maximum atomic E-state index is 5.94. The van der Waals surface area contributed by atoms with Gasteiger partial charge >= 0.3 is 0 Å². The molecule has 0 amide bonds. The molecule has 6 heteroatoms. The van der Waals surface area contributed by atoms with E-state index in [9.17, 15) is 0 Å². The van der Waals surface area contributed by atoms with Crippen molar-refractivity contribution in [2.45, 2.75) is 25.7 Å². The Labute approximate surface area is 112 Å². The first-order valence-electron chi connectivity index (χ1n) is 6.59. The van der Waals surface area contributed by atoms with E-state index in [0.29, 0.717) is 5.95 Å². The van der Waals surface area contributed by atoms with Gasteiger partial charge in [-0.25, -0.2) is 0 Å². The van der Waals surface area contributed by atoms with E-state index < -0.39 is 0 Å². The number of anilines is 2. The Morgan fingerprint density at radius 1 is 1.17 bits per heavy atom. The molecule has 0 spiro atoms. The van der Waals surface area contributed by atoms with Crippen LogP contribution >= 0.6 is 11.6 Å². The Morgan fingerprint density at radius 3 is 2.56 bits per heavy atom. The molecule has 1 aliphatic carbocycles. The molecule has 1 aromatic rings. The monoisotopic (exact) mass is 267 g/mol. The summed E-state index contributed by atoms with van der Waals surface area (Å²) >= 11 is 5.94. The average Bonchev–Trinajstić information content (AvgIpc) is 2.37. The number of nitrogens with zero attached hydrogens (tertiary/aromatic N) is 4. The molecule has 0 aromatic carbocycles. The van der Waals surface area contributed by atoms with Crippen LogP contribution in [0.25, 0.3) is 0 Å². The van der Waals surface area contributed by atoms with Gasteiger partial charge in [0.05, 0.1) is 0 Å². The van der Waals surface area contributed by atoms with Gasteiger partial charge < -0.3 is 10.2 Å². The van der Waals surface area contributed by atoms with Gasteiger partial charge in [-0.3, -0.25) is 0 Å². The molecule has 2 aliphatic rings. The minimum Gasteiger partial charge on any atom is -0.357 e. The van der Waals surface area contributed by atoms with Gasteiger partial charge in [0.1, 0.15) is 0 Å². The molecule has 18 heavy (non-hydrogen) atoms. The number of nitrogens with one attached hydrogen (secondary N) is 1. The quantitative estimate of drug-likeness (QED) is 0.890. The van der Waals surface area contributed by atoms with Crippen molar-refractivity contribution < 1.29 is 0 Å². The molecule has 0 radical (unpaired) electrons. The zero-order chi connectivity index (χ0) is 12.5. The molecule has 5 nitrogen and oxygen atoms in total. The van der Waals surface area contributed by atoms with Crippen LogP contribution in [0.3, 0.4) is 0 Å². The van der Waals surface area contributed by atoms with Crippen LogP contribution in [0, 0.1) is 11.8 Å². The van der Waals surface area contributed by atoms with Gasteiger partial charge in [0.2, 0.25) is 17.2 Å². The van der Waals surface area contributed by atoms with E-state index in [1.54, 1.807) is 7.05 Å². The summed E-state index contributed by atoms with van der Waals surface area (Å²) in [6, 6.07) is 0. The van der Waals surface area contributed by atoms with Crippen molar-refractivity contribution in [1.82, 2.24) is 15.0 Å². The Balaban J connectivity index is 1.83. The van der Waals surface area contributed by atoms with E-state index in [-0.39, 0.29) is 5.28 Å². The summed E-state index contributed by atoms with van der Waals surface area (Å²) in [5.41, 5.74) is 0. The molecular formula is C12H18ClN5. The Kier molecular flexibility index (Phi) is 3.24. The summed E-state index contributed by atoms with van der Waals surface area (Å²) in [4.78, 5) is 15.0. The molecule has 2 unspecified atom stereocenters. The molecule has 2 fully saturated rings. The number of aromatic nitrogens is 3. The topological polar surface area (TPSA) is 53.9 Å². The van der Waals surface area contributed by atoms with E-state index >= 15 is 0 Å². The number of halogens is 1. The zero-order valence-corrected chi connectivity index (χ0v) is 11.3. The Hall–Kier alpha value is -1.10. The smallest absolute Gasteiger partial charge is 0.231 e. The van der Waals surface area contributed by atoms with Crippen LogP contribution in [-0.2, 0) is 0 Å². The SMILES string of the molecule is CNc1nc(Cl)nc(N2CC3CCCC(C3)C2)n1. The second-order valence-corrected chi connectivity index (χ2v) is 5.62. The highest BCUT2D eigenvalue weighted by Crippen LogP contribution is 2.35. The summed E-state index contributed by atoms with van der Waals surface area (Å²) in [6.07, 6.45) is 5.42. The van der Waals surface area contributed by atoms with E-state index in [0.717, 1.165) is 30.9 Å². The fraction of sp³-hybridized carbons (Fsp3) is 0.750. The van der Waals surface area contributed by atoms with Gasteiger partial charge in [-0.05, 0) is 42.7 Å². The van der Waals surface area contributed by atoms with Crippen LogP contribution in [0.2, 0.25) is 5.28 Å². The minimum absolute atomic E-state index is 0.264. The van der Waals surface area contributed by atoms with Crippen molar-refractivity contribution >= 4 is 23.5 Å². The number of fused-ring (bicyclic) bond motifs is 2. The summed E-state index contributed by atoms with van der Waals surface area (Å²) in [7, 11) is 1.79. The summed E-state index contributed by atoms with van der Waals surface area (Å²) in [5, 5.41) is 3.19. The van der Waals surface area contributed by atoms with Crippen molar-refractivity contribution in [1.29, 1.82) is 0 Å². The lowest BCUT2D eigenvalue weighted by Gasteiger charge is -2.41. The van der Waals surface area contributed by atoms with Crippen molar-refractivity contribution in [2.24, 2.45) is 11.8 Å². The van der Waals surface area contributed by atoms with Crippen LogP contribution in [-0.4, -0.2) is 35.1 Å². The number of hydrogen-bond donors (Lipinski definition) is 1. The first-order valence-corrected chi connectivity index (χ1v) is 6.96. The minimum atomic E-state index is 0.264. The predicted octanol–water partition coefficient (Wildman–Crippen LogP) is 2.19. The maximum Gasteiger partial charge on any atom is 0.231 e. The normalized spacial score (nSPS) is 27.1. The van der Waals surface area contributed by atoms with Crippen LogP contribution in [0.1, 0.15) is 25.7 Å². The second-order valence-electron chi connectivity index (χ2n) is 5.28. The lowest BCUT2D eigenvalue weighted by molar-refractivity contribution is 0.229. The maximum absolute atomic E-state index is 5.94. The molecule has 2 atom stereocenters. The van der Waals surface area contributed by atoms with Crippen molar-refractivity contribution in [3.05, 3.63) is 5.28 Å². The third-order valence-corrected chi connectivity index (χ3v) is 4.12. The third-order valence-electron chi connectivity index (χ3n) is 3.95. The third kappa shape index (κ3) is 2.36. The van der Waals surface area contributed by atoms with Crippen LogP contribution < -0.4 is 10.2 Å². The fourth-order valence-corrected chi connectivity index (χ4v) is 3.34. The van der Waals surface area contributed by atoms with Gasteiger partial charge in [-0.2, -0.15) is 15.0 Å². The number of piperidine rings is 1. The summed E-state index contributed by atoms with van der Waals surface area (Å²) < 4.78 is 0. The van der Waals surface area contributed by atoms with E-state index in [1.807, 2.05) is 0 Å². The number of rotatable bonds is 2. The average molecular weight is 268 g/mol. The Bertz CT molecular complexity index is 426. The van der Waals surface area contributed by atoms with Crippen LogP contribution in [0.4, 0.5) is 11.9 Å². The van der Waals surface area contributed by atoms with E-state index in [4.69, 9.17) is 11.6 Å². The molecule has 2 heterocycles. The highest BCUT2D eigenvalue weighted by atomic mass is 35.5. The van der Waals surface area contributed by atoms with Crippen LogP contribution in [0.5, 0.6) is 0 Å². The molecule has 2 bridgehead atoms. The highest BCUT2D eigenvalue weighted by Gasteiger charge is 2.31. The van der Waals surface area contributed by atoms with Gasteiger partial charge in [0, 0.05) is 20.1 Å². The van der Waals surface area contributed by atoms with Crippen LogP contribution in [0.15, 0.2) is 0 Å². The van der Waals surface area contributed by atoms with Gasteiger partial charge in [0.25, 0.3) is 0 Å². The predicted molar refractivity (Wildman–Crippen MR) is 72.0 cm³/mol. The largest absolute Gasteiger partial charge is 0.357 e. The van der Waals surface area contributed by atoms with Gasteiger partial charge in [-0.1, -0.05) is 6.42 Å².